The molecule has 1 amide bonds. The molecule has 7 heteroatoms. The summed E-state index contributed by atoms with van der Waals surface area (Å²) in [6.45, 7) is 0.00456. The molecule has 0 bridgehead atoms. The Hall–Kier alpha value is -2.85. The Balaban J connectivity index is 2.10. The van der Waals surface area contributed by atoms with Gasteiger partial charge in [0.15, 0.2) is 5.76 Å². The molecule has 1 aromatic heterocycles. The Kier molecular flexibility index (Phi) is 3.98. The minimum atomic E-state index is -0.669. The molecule has 1 heterocycles. The first-order valence-electron chi connectivity index (χ1n) is 5.55. The van der Waals surface area contributed by atoms with E-state index in [2.05, 4.69) is 0 Å². The molecule has 0 atom stereocenters. The Labute approximate surface area is 113 Å². The molecule has 3 N–H and O–H groups in total. The number of nitrogens with one attached hydrogen (secondary N) is 1. The van der Waals surface area contributed by atoms with E-state index < -0.39 is 11.7 Å². The van der Waals surface area contributed by atoms with E-state index in [1.807, 2.05) is 5.43 Å². The highest BCUT2D eigenvalue weighted by Crippen LogP contribution is 2.19. The van der Waals surface area contributed by atoms with Crippen molar-refractivity contribution in [1.29, 1.82) is 5.26 Å². The minimum Gasteiger partial charge on any atom is -0.489 e. The Morgan fingerprint density at radius 2 is 2.30 bits per heavy atom. The molecule has 0 radical (unpaired) electrons. The van der Waals surface area contributed by atoms with Gasteiger partial charge < -0.3 is 9.15 Å². The second-order valence-electron chi connectivity index (χ2n) is 3.79. The van der Waals surface area contributed by atoms with Crippen LogP contribution in [0.3, 0.4) is 0 Å². The van der Waals surface area contributed by atoms with E-state index in [-0.39, 0.29) is 23.7 Å². The largest absolute Gasteiger partial charge is 0.489 e. The monoisotopic (exact) mass is 275 g/mol. The van der Waals surface area contributed by atoms with Crippen molar-refractivity contribution >= 4 is 5.91 Å². The van der Waals surface area contributed by atoms with Crippen molar-refractivity contribution in [2.45, 2.75) is 6.61 Å². The van der Waals surface area contributed by atoms with Gasteiger partial charge in [-0.25, -0.2) is 10.2 Å². The Morgan fingerprint density at radius 3 is 2.95 bits per heavy atom. The zero-order valence-electron chi connectivity index (χ0n) is 10.2. The number of rotatable bonds is 4. The van der Waals surface area contributed by atoms with Crippen LogP contribution in [0.2, 0.25) is 0 Å². The van der Waals surface area contributed by atoms with Crippen molar-refractivity contribution in [2.24, 2.45) is 5.84 Å². The van der Waals surface area contributed by atoms with Crippen molar-refractivity contribution in [3.05, 3.63) is 53.2 Å². The Morgan fingerprint density at radius 1 is 1.50 bits per heavy atom. The van der Waals surface area contributed by atoms with Crippen LogP contribution in [0.4, 0.5) is 4.39 Å². The lowest BCUT2D eigenvalue weighted by atomic mass is 10.2. The molecule has 0 saturated carbocycles. The number of furan rings is 1. The maximum Gasteiger partial charge on any atom is 0.301 e. The normalized spacial score (nSPS) is 9.85. The molecule has 0 spiro atoms. The number of carbonyl (C=O) groups is 1. The van der Waals surface area contributed by atoms with Gasteiger partial charge in [0.2, 0.25) is 0 Å². The van der Waals surface area contributed by atoms with E-state index >= 15 is 0 Å². The fourth-order valence-electron chi connectivity index (χ4n) is 1.55. The van der Waals surface area contributed by atoms with Crippen molar-refractivity contribution < 1.29 is 18.3 Å². The molecule has 0 unspecified atom stereocenters. The predicted molar refractivity (Wildman–Crippen MR) is 65.8 cm³/mol. The summed E-state index contributed by atoms with van der Waals surface area (Å²) in [5, 5.41) is 8.61. The number of benzene rings is 1. The topological polar surface area (TPSA) is 101 Å². The summed E-state index contributed by atoms with van der Waals surface area (Å²) in [6.07, 6.45) is 1.32. The van der Waals surface area contributed by atoms with E-state index in [0.29, 0.717) is 5.56 Å². The quantitative estimate of drug-likeness (QED) is 0.500. The molecule has 2 aromatic rings. The summed E-state index contributed by atoms with van der Waals surface area (Å²) >= 11 is 0. The van der Waals surface area contributed by atoms with Gasteiger partial charge in [0.05, 0.1) is 11.8 Å². The smallest absolute Gasteiger partial charge is 0.301 e. The number of nitrogen functional groups attached to an aromatic ring is 1. The molecular weight excluding hydrogens is 265 g/mol. The third-order valence-electron chi connectivity index (χ3n) is 2.54. The molecule has 6 nitrogen and oxygen atoms in total. The maximum absolute atomic E-state index is 13.4. The van der Waals surface area contributed by atoms with E-state index in [4.69, 9.17) is 20.3 Å². The molecule has 1 aromatic carbocycles. The molecule has 20 heavy (non-hydrogen) atoms. The van der Waals surface area contributed by atoms with Crippen LogP contribution in [0, 0.1) is 17.1 Å². The van der Waals surface area contributed by atoms with Gasteiger partial charge in [-0.1, -0.05) is 0 Å². The summed E-state index contributed by atoms with van der Waals surface area (Å²) in [4.78, 5) is 11.4. The average molecular weight is 275 g/mol. The lowest BCUT2D eigenvalue weighted by molar-refractivity contribution is 0.0922. The van der Waals surface area contributed by atoms with Gasteiger partial charge in [0.1, 0.15) is 24.2 Å². The number of nitriles is 1. The fourth-order valence-corrected chi connectivity index (χ4v) is 1.55. The van der Waals surface area contributed by atoms with Crippen LogP contribution in [-0.4, -0.2) is 5.91 Å². The second kappa shape index (κ2) is 5.86. The lowest BCUT2D eigenvalue weighted by Gasteiger charge is -2.06. The number of hydrazine groups is 1. The van der Waals surface area contributed by atoms with Gasteiger partial charge in [-0.3, -0.25) is 10.2 Å². The Bertz CT molecular complexity index is 676. The second-order valence-corrected chi connectivity index (χ2v) is 3.79. The first-order valence-corrected chi connectivity index (χ1v) is 5.55. The number of hydrogen-bond acceptors (Lipinski definition) is 5. The molecule has 0 aliphatic rings. The molecule has 2 rings (SSSR count). The number of nitrogens with zero attached hydrogens (tertiary/aromatic N) is 1. The predicted octanol–water partition coefficient (Wildman–Crippen LogP) is 1.47. The first-order chi connectivity index (χ1) is 9.65. The number of halogens is 1. The number of hydrogen-bond donors (Lipinski definition) is 2. The third-order valence-corrected chi connectivity index (χ3v) is 2.54. The van der Waals surface area contributed by atoms with Crippen LogP contribution in [0.15, 0.2) is 34.9 Å². The fraction of sp³-hybridized carbons (Fsp3) is 0.0769. The van der Waals surface area contributed by atoms with Crippen LogP contribution in [0.5, 0.6) is 5.75 Å². The van der Waals surface area contributed by atoms with Gasteiger partial charge in [-0.2, -0.15) is 5.26 Å². The molecule has 0 saturated heterocycles. The maximum atomic E-state index is 13.4. The summed E-state index contributed by atoms with van der Waals surface area (Å²) in [6, 6.07) is 7.13. The van der Waals surface area contributed by atoms with Gasteiger partial charge in [-0.15, -0.1) is 0 Å². The molecule has 102 valence electrons. The molecular formula is C13H10FN3O3. The van der Waals surface area contributed by atoms with Gasteiger partial charge in [-0.05, 0) is 18.2 Å². The highest BCUT2D eigenvalue weighted by molar-refractivity contribution is 5.92. The van der Waals surface area contributed by atoms with E-state index in [1.54, 1.807) is 12.1 Å². The summed E-state index contributed by atoms with van der Waals surface area (Å²) < 4.78 is 23.7. The molecule has 0 fully saturated rings. The van der Waals surface area contributed by atoms with Crippen LogP contribution >= 0.6 is 0 Å². The molecule has 0 aliphatic heterocycles. The average Bonchev–Trinajstić information content (AvgIpc) is 2.93. The summed E-state index contributed by atoms with van der Waals surface area (Å²) in [7, 11) is 0. The highest BCUT2D eigenvalue weighted by Gasteiger charge is 2.14. The van der Waals surface area contributed by atoms with Gasteiger partial charge >= 0.3 is 5.91 Å². The van der Waals surface area contributed by atoms with Crippen molar-refractivity contribution in [2.75, 3.05) is 0 Å². The highest BCUT2D eigenvalue weighted by atomic mass is 19.1. The van der Waals surface area contributed by atoms with Gasteiger partial charge in [0.25, 0.3) is 0 Å². The zero-order chi connectivity index (χ0) is 14.5. The summed E-state index contributed by atoms with van der Waals surface area (Å²) in [5.41, 5.74) is 2.35. The van der Waals surface area contributed by atoms with Gasteiger partial charge in [0, 0.05) is 11.6 Å². The number of ether oxygens (including phenoxy) is 1. The first kappa shape index (κ1) is 13.6. The van der Waals surface area contributed by atoms with E-state index in [0.717, 1.165) is 6.07 Å². The number of amides is 1. The number of nitrogens with two attached hydrogens (primary N) is 1. The van der Waals surface area contributed by atoms with Crippen LogP contribution in [0.1, 0.15) is 21.7 Å². The number of carbonyl (C=O) groups excluding carboxylic acids is 1. The summed E-state index contributed by atoms with van der Waals surface area (Å²) in [5.74, 6) is 4.02. The standard InChI is InChI=1S/C13H10FN3O3/c14-11-5-10(2-1-8(11)6-15)20-7-9-3-4-19-12(9)13(18)17-16/h1-5H,7,16H2,(H,17,18). The van der Waals surface area contributed by atoms with Crippen LogP contribution in [0.25, 0.3) is 0 Å². The van der Waals surface area contributed by atoms with E-state index in [1.165, 1.54) is 18.4 Å². The van der Waals surface area contributed by atoms with Crippen molar-refractivity contribution in [3.8, 4) is 11.8 Å². The van der Waals surface area contributed by atoms with Crippen LogP contribution in [-0.2, 0) is 6.61 Å². The van der Waals surface area contributed by atoms with Crippen LogP contribution < -0.4 is 16.0 Å². The van der Waals surface area contributed by atoms with Crippen molar-refractivity contribution in [1.82, 2.24) is 5.43 Å². The SMILES string of the molecule is N#Cc1ccc(OCc2ccoc2C(=O)NN)cc1F. The zero-order valence-corrected chi connectivity index (χ0v) is 10.2. The van der Waals surface area contributed by atoms with E-state index in [9.17, 15) is 9.18 Å². The van der Waals surface area contributed by atoms with Crippen molar-refractivity contribution in [3.63, 3.8) is 0 Å². The molecule has 0 aliphatic carbocycles. The minimum absolute atomic E-state index is 0.00456. The lowest BCUT2D eigenvalue weighted by Crippen LogP contribution is -2.30. The third kappa shape index (κ3) is 2.76.